The molecule has 0 aromatic rings. The van der Waals surface area contributed by atoms with Gasteiger partial charge < -0.3 is 20.3 Å². The minimum atomic E-state index is -0.785. The maximum atomic E-state index is 13.1. The fourth-order valence-electron chi connectivity index (χ4n) is 7.44. The fraction of sp³-hybridized carbons (Fsp3) is 0.843. The van der Waals surface area contributed by atoms with Crippen LogP contribution in [0.25, 0.3) is 0 Å². The van der Waals surface area contributed by atoms with Gasteiger partial charge in [0.05, 0.1) is 25.2 Å². The summed E-state index contributed by atoms with van der Waals surface area (Å²) in [5.41, 5.74) is 0. The zero-order valence-electron chi connectivity index (χ0n) is 38.0. The number of rotatable bonds is 44. The molecule has 0 aliphatic heterocycles. The van der Waals surface area contributed by atoms with E-state index < -0.39 is 18.2 Å². The van der Waals surface area contributed by atoms with Gasteiger partial charge in [0.25, 0.3) is 0 Å². The van der Waals surface area contributed by atoms with E-state index in [0.717, 1.165) is 70.6 Å². The van der Waals surface area contributed by atoms with Crippen LogP contribution in [0.1, 0.15) is 252 Å². The molecule has 0 radical (unpaired) electrons. The van der Waals surface area contributed by atoms with E-state index in [1.807, 2.05) is 0 Å². The summed E-state index contributed by atoms with van der Waals surface area (Å²) in [5.74, 6) is -0.484. The molecule has 0 fully saturated rings. The van der Waals surface area contributed by atoms with Crippen LogP contribution in [0.3, 0.4) is 0 Å². The second-order valence-electron chi connectivity index (χ2n) is 16.9. The maximum Gasteiger partial charge on any atom is 0.306 e. The SMILES string of the molecule is CCCCC/C=C\C/C=C\C/C=C\CCCCCCCCC(=O)OC(CCCCCCCCCCC)CC(=O)NC(CO)C(O)CCCCCCCCCCCC. The van der Waals surface area contributed by atoms with Crippen molar-refractivity contribution in [3.05, 3.63) is 36.5 Å². The topological polar surface area (TPSA) is 95.9 Å². The molecule has 57 heavy (non-hydrogen) atoms. The van der Waals surface area contributed by atoms with Gasteiger partial charge in [0.15, 0.2) is 0 Å². The van der Waals surface area contributed by atoms with Gasteiger partial charge in [-0.2, -0.15) is 0 Å². The Morgan fingerprint density at radius 2 is 0.895 bits per heavy atom. The van der Waals surface area contributed by atoms with E-state index in [9.17, 15) is 19.8 Å². The second kappa shape index (κ2) is 45.2. The second-order valence-corrected chi connectivity index (χ2v) is 16.9. The Morgan fingerprint density at radius 1 is 0.509 bits per heavy atom. The van der Waals surface area contributed by atoms with Gasteiger partial charge in [0.2, 0.25) is 5.91 Å². The largest absolute Gasteiger partial charge is 0.462 e. The zero-order valence-corrected chi connectivity index (χ0v) is 38.0. The van der Waals surface area contributed by atoms with Crippen LogP contribution in [-0.2, 0) is 14.3 Å². The van der Waals surface area contributed by atoms with Crippen molar-refractivity contribution in [2.24, 2.45) is 0 Å². The Hall–Kier alpha value is -1.92. The van der Waals surface area contributed by atoms with Gasteiger partial charge in [-0.1, -0.05) is 211 Å². The molecular formula is C51H95NO5. The molecule has 6 nitrogen and oxygen atoms in total. The number of amides is 1. The summed E-state index contributed by atoms with van der Waals surface area (Å²) in [6, 6.07) is -0.698. The van der Waals surface area contributed by atoms with E-state index in [0.29, 0.717) is 19.3 Å². The predicted octanol–water partition coefficient (Wildman–Crippen LogP) is 14.5. The molecule has 0 aliphatic rings. The predicted molar refractivity (Wildman–Crippen MR) is 246 cm³/mol. The number of unbranched alkanes of at least 4 members (excludes halogenated alkanes) is 26. The third-order valence-corrected chi connectivity index (χ3v) is 11.2. The Morgan fingerprint density at radius 3 is 1.39 bits per heavy atom. The molecule has 334 valence electrons. The van der Waals surface area contributed by atoms with E-state index >= 15 is 0 Å². The van der Waals surface area contributed by atoms with Crippen molar-refractivity contribution in [3.63, 3.8) is 0 Å². The lowest BCUT2D eigenvalue weighted by atomic mass is 10.0. The van der Waals surface area contributed by atoms with Crippen LogP contribution in [0.4, 0.5) is 0 Å². The lowest BCUT2D eigenvalue weighted by Gasteiger charge is -2.24. The van der Waals surface area contributed by atoms with E-state index in [4.69, 9.17) is 4.74 Å². The number of carbonyl (C=O) groups is 2. The molecular weight excluding hydrogens is 707 g/mol. The summed E-state index contributed by atoms with van der Waals surface area (Å²) in [7, 11) is 0. The first-order valence-electron chi connectivity index (χ1n) is 24.7. The van der Waals surface area contributed by atoms with E-state index in [2.05, 4.69) is 62.5 Å². The minimum Gasteiger partial charge on any atom is -0.462 e. The minimum absolute atomic E-state index is 0.0749. The van der Waals surface area contributed by atoms with Crippen molar-refractivity contribution in [1.29, 1.82) is 0 Å². The van der Waals surface area contributed by atoms with Crippen molar-refractivity contribution in [2.45, 2.75) is 270 Å². The van der Waals surface area contributed by atoms with Crippen LogP contribution in [-0.4, -0.2) is 46.9 Å². The van der Waals surface area contributed by atoms with Crippen LogP contribution in [0.2, 0.25) is 0 Å². The fourth-order valence-corrected chi connectivity index (χ4v) is 7.44. The average molecular weight is 802 g/mol. The molecule has 0 rings (SSSR count). The first-order valence-corrected chi connectivity index (χ1v) is 24.7. The molecule has 0 bridgehead atoms. The molecule has 0 spiro atoms. The van der Waals surface area contributed by atoms with Crippen molar-refractivity contribution in [2.75, 3.05) is 6.61 Å². The van der Waals surface area contributed by atoms with Crippen molar-refractivity contribution in [1.82, 2.24) is 5.32 Å². The van der Waals surface area contributed by atoms with Crippen molar-refractivity contribution in [3.8, 4) is 0 Å². The van der Waals surface area contributed by atoms with Gasteiger partial charge in [0.1, 0.15) is 6.10 Å². The van der Waals surface area contributed by atoms with E-state index in [1.54, 1.807) is 0 Å². The Kier molecular flexibility index (Phi) is 43.6. The van der Waals surface area contributed by atoms with E-state index in [-0.39, 0.29) is 24.9 Å². The standard InChI is InChI=1S/C51H95NO5/c1-4-7-10-13-16-19-21-22-23-24-25-26-27-28-29-32-35-38-41-44-51(56)57-47(42-39-36-33-30-18-15-12-9-6-3)45-50(55)52-48(46-53)49(54)43-40-37-34-31-20-17-14-11-8-5-2/h16,19,22-23,25-26,47-49,53-54H,4-15,17-18,20-21,24,27-46H2,1-3H3,(H,52,55)/b19-16-,23-22-,26-25-. The first-order chi connectivity index (χ1) is 28.0. The van der Waals surface area contributed by atoms with Crippen LogP contribution < -0.4 is 5.32 Å². The highest BCUT2D eigenvalue weighted by Crippen LogP contribution is 2.18. The number of aliphatic hydroxyl groups excluding tert-OH is 2. The number of nitrogens with one attached hydrogen (secondary N) is 1. The van der Waals surface area contributed by atoms with Crippen molar-refractivity contribution >= 4 is 11.9 Å². The highest BCUT2D eigenvalue weighted by Gasteiger charge is 2.24. The Bertz CT molecular complexity index is 946. The molecule has 1 amide bonds. The number of hydrogen-bond acceptors (Lipinski definition) is 5. The van der Waals surface area contributed by atoms with Gasteiger partial charge in [0, 0.05) is 6.42 Å². The number of hydrogen-bond donors (Lipinski definition) is 3. The molecule has 0 aromatic carbocycles. The number of allylic oxidation sites excluding steroid dienone is 6. The van der Waals surface area contributed by atoms with Crippen molar-refractivity contribution < 1.29 is 24.5 Å². The molecule has 0 saturated heterocycles. The quantitative estimate of drug-likeness (QED) is 0.0324. The van der Waals surface area contributed by atoms with Gasteiger partial charge in [-0.3, -0.25) is 9.59 Å². The summed E-state index contributed by atoms with van der Waals surface area (Å²) in [6.45, 7) is 6.43. The summed E-state index contributed by atoms with van der Waals surface area (Å²) >= 11 is 0. The highest BCUT2D eigenvalue weighted by atomic mass is 16.5. The molecule has 0 saturated carbocycles. The van der Waals surface area contributed by atoms with Gasteiger partial charge in [-0.25, -0.2) is 0 Å². The lowest BCUT2D eigenvalue weighted by Crippen LogP contribution is -2.46. The van der Waals surface area contributed by atoms with E-state index in [1.165, 1.54) is 135 Å². The molecule has 6 heteroatoms. The van der Waals surface area contributed by atoms with Crippen LogP contribution in [0.15, 0.2) is 36.5 Å². The average Bonchev–Trinajstić information content (AvgIpc) is 3.20. The van der Waals surface area contributed by atoms with Crippen LogP contribution >= 0.6 is 0 Å². The summed E-state index contributed by atoms with van der Waals surface area (Å²) in [4.78, 5) is 26.0. The molecule has 3 atom stereocenters. The number of carbonyl (C=O) groups excluding carboxylic acids is 2. The van der Waals surface area contributed by atoms with Crippen LogP contribution in [0, 0.1) is 0 Å². The molecule has 0 aromatic heterocycles. The third kappa shape index (κ3) is 40.6. The number of esters is 1. The van der Waals surface area contributed by atoms with Gasteiger partial charge in [-0.15, -0.1) is 0 Å². The first kappa shape index (κ1) is 55.1. The smallest absolute Gasteiger partial charge is 0.306 e. The molecule has 3 unspecified atom stereocenters. The number of aliphatic hydroxyl groups is 2. The Labute approximate surface area is 353 Å². The summed E-state index contributed by atoms with van der Waals surface area (Å²) in [6.07, 6.45) is 52.1. The van der Waals surface area contributed by atoms with Gasteiger partial charge in [-0.05, 0) is 64.2 Å². The summed E-state index contributed by atoms with van der Waals surface area (Å²) in [5, 5.41) is 23.6. The van der Waals surface area contributed by atoms with Gasteiger partial charge >= 0.3 is 5.97 Å². The zero-order chi connectivity index (χ0) is 41.7. The third-order valence-electron chi connectivity index (χ3n) is 11.2. The molecule has 3 N–H and O–H groups in total. The summed E-state index contributed by atoms with van der Waals surface area (Å²) < 4.78 is 5.90. The number of ether oxygens (including phenoxy) is 1. The monoisotopic (exact) mass is 802 g/mol. The Balaban J connectivity index is 4.46. The highest BCUT2D eigenvalue weighted by molar-refractivity contribution is 5.77. The molecule has 0 aliphatic carbocycles. The normalized spacial score (nSPS) is 13.6. The lowest BCUT2D eigenvalue weighted by molar-refractivity contribution is -0.151. The maximum absolute atomic E-state index is 13.1. The molecule has 0 heterocycles. The van der Waals surface area contributed by atoms with Crippen LogP contribution in [0.5, 0.6) is 0 Å².